The fourth-order valence-corrected chi connectivity index (χ4v) is 4.59. The van der Waals surface area contributed by atoms with Gasteiger partial charge in [0.25, 0.3) is 0 Å². The number of hydrogen-bond donors (Lipinski definition) is 1. The van der Waals surface area contributed by atoms with E-state index in [2.05, 4.69) is 26.2 Å². The third-order valence-corrected chi connectivity index (χ3v) is 6.41. The highest BCUT2D eigenvalue weighted by molar-refractivity contribution is 9.10. The summed E-state index contributed by atoms with van der Waals surface area (Å²) in [5, 5.41) is 3.93. The van der Waals surface area contributed by atoms with Gasteiger partial charge in [0, 0.05) is 21.9 Å². The van der Waals surface area contributed by atoms with E-state index in [9.17, 15) is 4.39 Å². The minimum absolute atomic E-state index is 0.224. The zero-order valence-corrected chi connectivity index (χ0v) is 19.5. The molecule has 0 unspecified atom stereocenters. The number of benzene rings is 2. The molecule has 160 valence electrons. The molecule has 4 nitrogen and oxygen atoms in total. The van der Waals surface area contributed by atoms with Gasteiger partial charge in [-0.3, -0.25) is 4.98 Å². The number of thiocarbonyl (C=S) groups is 1. The lowest BCUT2D eigenvalue weighted by Gasteiger charge is -2.26. The van der Waals surface area contributed by atoms with Gasteiger partial charge in [-0.1, -0.05) is 34.1 Å². The van der Waals surface area contributed by atoms with Crippen LogP contribution >= 0.6 is 28.1 Å². The molecule has 0 saturated carbocycles. The van der Waals surface area contributed by atoms with Crippen LogP contribution < -0.4 is 10.2 Å². The second-order valence-electron chi connectivity index (χ2n) is 7.64. The van der Waals surface area contributed by atoms with Crippen LogP contribution in [0.15, 0.2) is 87.9 Å². The molecule has 32 heavy (non-hydrogen) atoms. The third kappa shape index (κ3) is 3.82. The number of aryl methyl sites for hydroxylation is 1. The number of rotatable bonds is 4. The maximum atomic E-state index is 14.0. The fourth-order valence-electron chi connectivity index (χ4n) is 3.98. The first kappa shape index (κ1) is 20.8. The van der Waals surface area contributed by atoms with Crippen LogP contribution in [0.25, 0.3) is 11.3 Å². The Morgan fingerprint density at radius 1 is 1.06 bits per heavy atom. The van der Waals surface area contributed by atoms with Crippen LogP contribution in [0.5, 0.6) is 0 Å². The molecular weight excluding hydrogens is 489 g/mol. The van der Waals surface area contributed by atoms with E-state index in [0.29, 0.717) is 10.7 Å². The van der Waals surface area contributed by atoms with Crippen LogP contribution in [0.1, 0.15) is 29.1 Å². The van der Waals surface area contributed by atoms with Crippen molar-refractivity contribution in [1.29, 1.82) is 0 Å². The molecule has 1 fully saturated rings. The van der Waals surface area contributed by atoms with E-state index in [1.807, 2.05) is 59.5 Å². The van der Waals surface area contributed by atoms with E-state index in [1.165, 1.54) is 6.07 Å². The van der Waals surface area contributed by atoms with E-state index >= 15 is 0 Å². The van der Waals surface area contributed by atoms with Gasteiger partial charge >= 0.3 is 0 Å². The van der Waals surface area contributed by atoms with Gasteiger partial charge in [-0.2, -0.15) is 0 Å². The number of pyridine rings is 1. The van der Waals surface area contributed by atoms with Gasteiger partial charge in [0.15, 0.2) is 5.11 Å². The number of nitrogens with zero attached hydrogens (tertiary/aromatic N) is 2. The predicted molar refractivity (Wildman–Crippen MR) is 131 cm³/mol. The highest BCUT2D eigenvalue weighted by Crippen LogP contribution is 2.43. The summed E-state index contributed by atoms with van der Waals surface area (Å²) in [6, 6.07) is 22.2. The molecule has 0 spiro atoms. The number of hydrogen-bond acceptors (Lipinski definition) is 3. The van der Waals surface area contributed by atoms with Crippen molar-refractivity contribution in [2.75, 3.05) is 4.90 Å². The largest absolute Gasteiger partial charge is 0.459 e. The van der Waals surface area contributed by atoms with Crippen LogP contribution in [0, 0.1) is 12.7 Å². The van der Waals surface area contributed by atoms with Crippen molar-refractivity contribution < 1.29 is 8.81 Å². The quantitative estimate of drug-likeness (QED) is 0.310. The average molecular weight is 508 g/mol. The van der Waals surface area contributed by atoms with Crippen molar-refractivity contribution in [3.8, 4) is 11.3 Å². The topological polar surface area (TPSA) is 41.3 Å². The molecule has 5 rings (SSSR count). The molecule has 0 radical (unpaired) electrons. The maximum absolute atomic E-state index is 14.0. The molecule has 0 bridgehead atoms. The van der Waals surface area contributed by atoms with Gasteiger partial charge in [0.1, 0.15) is 23.4 Å². The summed E-state index contributed by atoms with van der Waals surface area (Å²) in [7, 11) is 0. The van der Waals surface area contributed by atoms with Crippen LogP contribution in [0.2, 0.25) is 0 Å². The molecule has 2 atom stereocenters. The van der Waals surface area contributed by atoms with E-state index in [-0.39, 0.29) is 17.9 Å². The summed E-state index contributed by atoms with van der Waals surface area (Å²) >= 11 is 9.18. The minimum Gasteiger partial charge on any atom is -0.459 e. The Kier molecular flexibility index (Phi) is 5.53. The Hall–Kier alpha value is -3.03. The van der Waals surface area contributed by atoms with E-state index in [0.717, 1.165) is 32.9 Å². The lowest BCUT2D eigenvalue weighted by atomic mass is 10.0. The zero-order valence-electron chi connectivity index (χ0n) is 17.1. The van der Waals surface area contributed by atoms with Crippen molar-refractivity contribution in [2.45, 2.75) is 19.0 Å². The molecule has 0 aliphatic carbocycles. The number of nitrogens with one attached hydrogen (secondary N) is 1. The normalized spacial score (nSPS) is 18.1. The standard InChI is InChI=1S/C25H19BrFN3OS/c1-15-14-18(9-10-19(15)27)30-24(23(29-25(30)32)20-4-2-3-13-28-20)22-12-11-21(31-22)16-5-7-17(26)8-6-16/h2-14,23-24H,1H3,(H,29,32)/t23-,24-/m1/s1. The second-order valence-corrected chi connectivity index (χ2v) is 8.94. The zero-order chi connectivity index (χ0) is 22.2. The van der Waals surface area contributed by atoms with Crippen molar-refractivity contribution in [3.63, 3.8) is 0 Å². The van der Waals surface area contributed by atoms with Crippen LogP contribution in [-0.2, 0) is 0 Å². The van der Waals surface area contributed by atoms with Crippen molar-refractivity contribution in [2.24, 2.45) is 0 Å². The van der Waals surface area contributed by atoms with Crippen molar-refractivity contribution >= 4 is 38.9 Å². The fraction of sp³-hybridized carbons (Fsp3) is 0.120. The number of furan rings is 1. The summed E-state index contributed by atoms with van der Waals surface area (Å²) in [5.41, 5.74) is 3.18. The van der Waals surface area contributed by atoms with Crippen LogP contribution in [0.4, 0.5) is 10.1 Å². The third-order valence-electron chi connectivity index (χ3n) is 5.56. The van der Waals surface area contributed by atoms with Gasteiger partial charge in [-0.15, -0.1) is 0 Å². The Balaban J connectivity index is 1.60. The number of aromatic nitrogens is 1. The minimum atomic E-state index is -0.286. The van der Waals surface area contributed by atoms with E-state index < -0.39 is 0 Å². The molecule has 0 amide bonds. The predicted octanol–water partition coefficient (Wildman–Crippen LogP) is 6.73. The highest BCUT2D eigenvalue weighted by atomic mass is 79.9. The highest BCUT2D eigenvalue weighted by Gasteiger charge is 2.42. The van der Waals surface area contributed by atoms with Crippen LogP contribution in [-0.4, -0.2) is 10.1 Å². The van der Waals surface area contributed by atoms with Gasteiger partial charge in [-0.05, 0) is 79.3 Å². The molecule has 4 aromatic rings. The monoisotopic (exact) mass is 507 g/mol. The molecule has 1 aliphatic heterocycles. The van der Waals surface area contributed by atoms with Gasteiger partial charge in [0.05, 0.1) is 11.7 Å². The Morgan fingerprint density at radius 2 is 1.88 bits per heavy atom. The lowest BCUT2D eigenvalue weighted by Crippen LogP contribution is -2.29. The van der Waals surface area contributed by atoms with Gasteiger partial charge in [-0.25, -0.2) is 4.39 Å². The molecular formula is C25H19BrFN3OS. The first-order valence-corrected chi connectivity index (χ1v) is 11.3. The molecule has 2 aromatic heterocycles. The summed E-state index contributed by atoms with van der Waals surface area (Å²) in [6.45, 7) is 1.75. The van der Waals surface area contributed by atoms with Crippen molar-refractivity contribution in [1.82, 2.24) is 10.3 Å². The smallest absolute Gasteiger partial charge is 0.174 e. The van der Waals surface area contributed by atoms with Crippen LogP contribution in [0.3, 0.4) is 0 Å². The summed E-state index contributed by atoms with van der Waals surface area (Å²) in [6.07, 6.45) is 1.76. The average Bonchev–Trinajstić information content (AvgIpc) is 3.41. The van der Waals surface area contributed by atoms with Gasteiger partial charge in [0.2, 0.25) is 0 Å². The summed E-state index contributed by atoms with van der Waals surface area (Å²) in [4.78, 5) is 6.53. The molecule has 1 saturated heterocycles. The van der Waals surface area contributed by atoms with E-state index in [4.69, 9.17) is 16.6 Å². The molecule has 1 N–H and O–H groups in total. The van der Waals surface area contributed by atoms with E-state index in [1.54, 1.807) is 25.3 Å². The number of halogens is 2. The molecule has 3 heterocycles. The summed E-state index contributed by atoms with van der Waals surface area (Å²) < 4.78 is 21.3. The Morgan fingerprint density at radius 3 is 2.59 bits per heavy atom. The molecule has 7 heteroatoms. The maximum Gasteiger partial charge on any atom is 0.174 e. The van der Waals surface area contributed by atoms with Crippen molar-refractivity contribution in [3.05, 3.63) is 106 Å². The SMILES string of the molecule is Cc1cc(N2C(=S)N[C@H](c3ccccn3)[C@H]2c2ccc(-c3ccc(Br)cc3)o2)ccc1F. The van der Waals surface area contributed by atoms with Gasteiger partial charge < -0.3 is 14.6 Å². The lowest BCUT2D eigenvalue weighted by molar-refractivity contribution is 0.439. The first-order valence-electron chi connectivity index (χ1n) is 10.1. The number of anilines is 1. The molecule has 1 aliphatic rings. The Labute approximate surface area is 199 Å². The Bertz CT molecular complexity index is 1280. The second kappa shape index (κ2) is 8.48. The first-order chi connectivity index (χ1) is 15.5. The summed E-state index contributed by atoms with van der Waals surface area (Å²) in [5.74, 6) is 1.26. The molecule has 2 aromatic carbocycles.